The maximum absolute atomic E-state index is 13.8. The third-order valence-corrected chi connectivity index (χ3v) is 4.45. The van der Waals surface area contributed by atoms with Gasteiger partial charge in [0.2, 0.25) is 0 Å². The zero-order chi connectivity index (χ0) is 18.2. The first kappa shape index (κ1) is 18.5. The van der Waals surface area contributed by atoms with Crippen LogP contribution in [-0.4, -0.2) is 14.9 Å². The van der Waals surface area contributed by atoms with Crippen molar-refractivity contribution < 1.29 is 21.4 Å². The second-order valence-corrected chi connectivity index (χ2v) is 6.45. The van der Waals surface area contributed by atoms with Gasteiger partial charge in [-0.2, -0.15) is 22.2 Å². The molecule has 0 spiro atoms. The van der Waals surface area contributed by atoms with Crippen LogP contribution in [0.1, 0.15) is 12.5 Å². The highest BCUT2D eigenvalue weighted by Crippen LogP contribution is 2.41. The number of halogens is 6. The van der Waals surface area contributed by atoms with E-state index in [0.717, 1.165) is 17.8 Å². The summed E-state index contributed by atoms with van der Waals surface area (Å²) in [4.78, 5) is -0.256. The van der Waals surface area contributed by atoms with Gasteiger partial charge in [0.15, 0.2) is 5.12 Å². The van der Waals surface area contributed by atoms with E-state index >= 15 is 0 Å². The van der Waals surface area contributed by atoms with Gasteiger partial charge >= 0.3 is 6.18 Å². The largest absolute Gasteiger partial charge is 0.416 e. The first-order valence-corrected chi connectivity index (χ1v) is 7.69. The highest BCUT2D eigenvalue weighted by molar-refractivity contribution is 8.11. The molecule has 12 heteroatoms. The van der Waals surface area contributed by atoms with E-state index in [9.17, 15) is 21.4 Å². The summed E-state index contributed by atoms with van der Waals surface area (Å²) >= 11 is 5.89. The van der Waals surface area contributed by atoms with Crippen molar-refractivity contribution in [3.05, 3.63) is 28.9 Å². The third kappa shape index (κ3) is 3.32. The third-order valence-electron chi connectivity index (χ3n) is 2.97. The summed E-state index contributed by atoms with van der Waals surface area (Å²) in [6.45, 7) is 0.928. The fraction of sp³-hybridized carbons (Fsp3) is 0.167. The van der Waals surface area contributed by atoms with Gasteiger partial charge in [0.05, 0.1) is 38.2 Å². The zero-order valence-electron chi connectivity index (χ0n) is 12.0. The zero-order valence-corrected chi connectivity index (χ0v) is 13.5. The van der Waals surface area contributed by atoms with Crippen LogP contribution in [0, 0.1) is 0 Å². The first-order chi connectivity index (χ1) is 11.1. The van der Waals surface area contributed by atoms with E-state index in [0.29, 0.717) is 12.1 Å². The lowest BCUT2D eigenvalue weighted by molar-refractivity contribution is -0.137. The Labute approximate surface area is 140 Å². The van der Waals surface area contributed by atoms with E-state index in [4.69, 9.17) is 23.2 Å². The fourth-order valence-electron chi connectivity index (χ4n) is 1.90. The molecule has 0 aliphatic heterocycles. The van der Waals surface area contributed by atoms with Crippen LogP contribution in [0.3, 0.4) is 0 Å². The summed E-state index contributed by atoms with van der Waals surface area (Å²) in [6, 6.07) is 1.35. The van der Waals surface area contributed by atoms with E-state index in [-0.39, 0.29) is 27.1 Å². The van der Waals surface area contributed by atoms with Gasteiger partial charge in [-0.15, -0.1) is 0 Å². The van der Waals surface area contributed by atoms with Crippen molar-refractivity contribution in [2.24, 2.45) is 5.84 Å². The molecule has 0 bridgehead atoms. The highest BCUT2D eigenvalue weighted by Gasteiger charge is 2.32. The summed E-state index contributed by atoms with van der Waals surface area (Å²) in [7, 11) is -2.42. The van der Waals surface area contributed by atoms with Gasteiger partial charge in [-0.1, -0.05) is 11.6 Å². The molecule has 1 aromatic carbocycles. The van der Waals surface area contributed by atoms with Crippen molar-refractivity contribution in [1.82, 2.24) is 9.78 Å². The van der Waals surface area contributed by atoms with Gasteiger partial charge in [-0.25, -0.2) is 9.07 Å². The molecule has 1 heterocycles. The molecule has 0 saturated carbocycles. The Morgan fingerprint density at radius 3 is 2.50 bits per heavy atom. The smallest absolute Gasteiger partial charge is 0.383 e. The number of anilines is 2. The molecule has 1 atom stereocenters. The molecular formula is C12H11ClF5N5S. The van der Waals surface area contributed by atoms with Crippen molar-refractivity contribution in [2.75, 3.05) is 11.2 Å². The average molecular weight is 388 g/mol. The normalized spacial score (nSPS) is 13.8. The molecule has 2 aromatic rings. The van der Waals surface area contributed by atoms with Gasteiger partial charge in [-0.3, -0.25) is 5.84 Å². The summed E-state index contributed by atoms with van der Waals surface area (Å²) in [6.07, 6.45) is -3.68. The number of nitrogens with one attached hydrogen (secondary N) is 1. The van der Waals surface area contributed by atoms with E-state index in [1.165, 1.54) is 0 Å². The molecule has 0 fully saturated rings. The second-order valence-electron chi connectivity index (χ2n) is 4.53. The molecule has 5 N–H and O–H groups in total. The lowest BCUT2D eigenvalue weighted by Crippen LogP contribution is -2.15. The molecule has 24 heavy (non-hydrogen) atoms. The van der Waals surface area contributed by atoms with E-state index in [1.807, 2.05) is 0 Å². The maximum Gasteiger partial charge on any atom is 0.416 e. The minimum Gasteiger partial charge on any atom is -0.383 e. The molecule has 1 unspecified atom stereocenters. The van der Waals surface area contributed by atoms with E-state index in [1.54, 1.807) is 0 Å². The van der Waals surface area contributed by atoms with Crippen molar-refractivity contribution in [1.29, 1.82) is 0 Å². The van der Waals surface area contributed by atoms with Crippen LogP contribution < -0.4 is 17.0 Å². The van der Waals surface area contributed by atoms with E-state index < -0.39 is 27.7 Å². The quantitative estimate of drug-likeness (QED) is 0.244. The molecule has 2 rings (SSSR count). The predicted octanol–water partition coefficient (Wildman–Crippen LogP) is 4.04. The van der Waals surface area contributed by atoms with E-state index in [2.05, 4.69) is 10.5 Å². The number of hydrazine groups is 1. The number of rotatable bonds is 3. The molecule has 1 aromatic heterocycles. The lowest BCUT2D eigenvalue weighted by Gasteiger charge is -2.16. The van der Waals surface area contributed by atoms with Gasteiger partial charge in [0.25, 0.3) is 0 Å². The fourth-order valence-corrected chi connectivity index (χ4v) is 2.91. The number of hydrogen-bond donors (Lipinski definition) is 3. The summed E-state index contributed by atoms with van der Waals surface area (Å²) < 4.78 is 66.2. The Hall–Kier alpha value is -1.85. The number of nitrogens with two attached hydrogens (primary N) is 2. The molecule has 0 saturated heterocycles. The Morgan fingerprint density at radius 1 is 1.38 bits per heavy atom. The number of aromatic nitrogens is 2. The Bertz CT molecular complexity index is 813. The van der Waals surface area contributed by atoms with Crippen molar-refractivity contribution in [2.45, 2.75) is 18.0 Å². The first-order valence-electron chi connectivity index (χ1n) is 6.18. The van der Waals surface area contributed by atoms with Gasteiger partial charge in [-0.05, 0) is 19.1 Å². The lowest BCUT2D eigenvalue weighted by atomic mass is 10.1. The molecule has 0 aliphatic carbocycles. The number of hydrogen-bond acceptors (Lipinski definition) is 4. The second kappa shape index (κ2) is 6.57. The predicted molar refractivity (Wildman–Crippen MR) is 84.6 cm³/mol. The van der Waals surface area contributed by atoms with Gasteiger partial charge in [0, 0.05) is 0 Å². The van der Waals surface area contributed by atoms with Crippen LogP contribution in [0.4, 0.5) is 33.0 Å². The van der Waals surface area contributed by atoms with Crippen LogP contribution in [0.25, 0.3) is 5.69 Å². The molecular weight excluding hydrogens is 377 g/mol. The molecule has 5 nitrogen and oxygen atoms in total. The maximum atomic E-state index is 13.8. The topological polar surface area (TPSA) is 81.9 Å². The highest BCUT2D eigenvalue weighted by atomic mass is 35.5. The number of alkyl halides is 3. The van der Waals surface area contributed by atoms with Crippen molar-refractivity contribution in [3.8, 4) is 5.69 Å². The minimum absolute atomic E-state index is 0.121. The summed E-state index contributed by atoms with van der Waals surface area (Å²) in [5.74, 6) is 4.93. The van der Waals surface area contributed by atoms with Crippen LogP contribution in [0.2, 0.25) is 5.02 Å². The Kier molecular flexibility index (Phi) is 5.06. The van der Waals surface area contributed by atoms with Crippen molar-refractivity contribution >= 4 is 39.1 Å². The van der Waals surface area contributed by atoms with Crippen LogP contribution in [0.15, 0.2) is 23.2 Å². The number of nitrogen functional groups attached to an aromatic ring is 2. The van der Waals surface area contributed by atoms with Gasteiger partial charge in [0.1, 0.15) is 11.5 Å². The SMILES string of the molecule is C/C(F)=S(\F)c1cnn(-c2c(Cl)cc(C(F)(F)F)cc2NN)c1N. The van der Waals surface area contributed by atoms with Crippen LogP contribution in [-0.2, 0) is 6.18 Å². The summed E-state index contributed by atoms with van der Waals surface area (Å²) in [5.41, 5.74) is 6.38. The van der Waals surface area contributed by atoms with Crippen molar-refractivity contribution in [3.63, 3.8) is 0 Å². The molecule has 0 amide bonds. The van der Waals surface area contributed by atoms with Gasteiger partial charge < -0.3 is 11.2 Å². The monoisotopic (exact) mass is 387 g/mol. The number of nitrogens with zero attached hydrogens (tertiary/aromatic N) is 2. The Balaban J connectivity index is 2.68. The average Bonchev–Trinajstić information content (AvgIpc) is 2.85. The minimum atomic E-state index is -4.65. The standard InChI is InChI=1S/C12H11ClF5N5S/c1-5(14)24(18)9-4-21-23(11(9)19)10-7(13)2-6(12(15,16)17)3-8(10)22-20/h2-4,22H,19-20H2,1H3. The molecule has 132 valence electrons. The van der Waals surface area contributed by atoms with Crippen LogP contribution in [0.5, 0.6) is 0 Å². The molecule has 0 radical (unpaired) electrons. The number of benzene rings is 1. The Morgan fingerprint density at radius 2 is 2.00 bits per heavy atom. The summed E-state index contributed by atoms with van der Waals surface area (Å²) in [5, 5.41) is 2.38. The molecule has 0 aliphatic rings. The van der Waals surface area contributed by atoms with Crippen LogP contribution >= 0.6 is 22.5 Å².